The Balaban J connectivity index is 3.60. The van der Waals surface area contributed by atoms with Crippen LogP contribution in [0, 0.1) is 0 Å². The maximum Gasteiger partial charge on any atom is 0.305 e. The van der Waals surface area contributed by atoms with E-state index in [-0.39, 0.29) is 6.42 Å². The Morgan fingerprint density at radius 2 is 1.53 bits per heavy atom. The third-order valence-electron chi connectivity index (χ3n) is 2.10. The molecule has 0 aromatic carbocycles. The summed E-state index contributed by atoms with van der Waals surface area (Å²) in [6, 6.07) is 0. The second kappa shape index (κ2) is 7.05. The van der Waals surface area contributed by atoms with Crippen LogP contribution < -0.4 is 0 Å². The predicted octanol–water partition coefficient (Wildman–Crippen LogP) is 0.236. The van der Waals surface area contributed by atoms with Gasteiger partial charge in [-0.25, -0.2) is 4.39 Å². The summed E-state index contributed by atoms with van der Waals surface area (Å²) < 4.78 is 24.6. The topological polar surface area (TPSA) is 80.9 Å². The molecule has 92 valence electrons. The smallest absolute Gasteiger partial charge is 0.305 e. The Morgan fingerprint density at radius 1 is 1.00 bits per heavy atom. The first-order chi connectivity index (χ1) is 6.89. The number of rotatable bonds is 8. The fraction of sp³-hybridized carbons (Fsp3) is 1.00. The minimum Gasteiger partial charge on any atom is -0.382 e. The van der Waals surface area contributed by atoms with Gasteiger partial charge < -0.3 is 20.4 Å². The molecule has 0 saturated heterocycles. The molecule has 0 radical (unpaired) electrons. The second-order valence-electron chi connectivity index (χ2n) is 3.54. The monoisotopic (exact) mass is 228 g/mol. The highest BCUT2D eigenvalue weighted by atomic mass is 19.1. The second-order valence-corrected chi connectivity index (χ2v) is 3.54. The first kappa shape index (κ1) is 14.7. The van der Waals surface area contributed by atoms with Crippen LogP contribution in [-0.2, 0) is 0 Å². The number of alkyl halides is 2. The molecule has 0 fully saturated rings. The lowest BCUT2D eigenvalue weighted by atomic mass is 10.1. The fourth-order valence-corrected chi connectivity index (χ4v) is 1.19. The molecule has 0 aliphatic rings. The zero-order chi connectivity index (χ0) is 11.9. The molecule has 2 atom stereocenters. The molecule has 4 N–H and O–H groups in total. The van der Waals surface area contributed by atoms with Gasteiger partial charge in [0, 0.05) is 0 Å². The lowest BCUT2D eigenvalue weighted by Gasteiger charge is -2.23. The van der Waals surface area contributed by atoms with Crippen molar-refractivity contribution in [3.63, 3.8) is 0 Å². The van der Waals surface area contributed by atoms with Gasteiger partial charge in [-0.05, 0) is 12.8 Å². The van der Waals surface area contributed by atoms with Gasteiger partial charge in [0.05, 0.1) is 6.67 Å². The summed E-state index contributed by atoms with van der Waals surface area (Å²) in [5.41, 5.74) is 0. The highest BCUT2D eigenvalue weighted by Gasteiger charge is 2.36. The molecular formula is C9H18F2O4. The van der Waals surface area contributed by atoms with Crippen LogP contribution in [0.25, 0.3) is 0 Å². The molecule has 0 aliphatic heterocycles. The molecule has 0 aromatic rings. The van der Waals surface area contributed by atoms with Crippen LogP contribution in [0.1, 0.15) is 32.1 Å². The molecule has 0 spiro atoms. The quantitative estimate of drug-likeness (QED) is 0.354. The number of aliphatic hydroxyl groups is 4. The Hall–Kier alpha value is -0.300. The van der Waals surface area contributed by atoms with E-state index in [4.69, 9.17) is 20.4 Å². The summed E-state index contributed by atoms with van der Waals surface area (Å²) in [6.45, 7) is -0.408. The largest absolute Gasteiger partial charge is 0.382 e. The normalized spacial score (nSPS) is 16.4. The molecule has 6 heteroatoms. The Labute approximate surface area is 87.2 Å². The molecule has 4 nitrogen and oxygen atoms in total. The number of halogens is 2. The third-order valence-corrected chi connectivity index (χ3v) is 2.10. The molecule has 0 aromatic heterocycles. The summed E-state index contributed by atoms with van der Waals surface area (Å²) in [6.07, 6.45) is -2.20. The third kappa shape index (κ3) is 6.72. The summed E-state index contributed by atoms with van der Waals surface area (Å²) in [7, 11) is 0. The zero-order valence-corrected chi connectivity index (χ0v) is 8.44. The minimum atomic E-state index is -3.40. The molecule has 0 heterocycles. The lowest BCUT2D eigenvalue weighted by Crippen LogP contribution is -2.47. The number of unbranched alkanes of at least 4 members (excludes halogenated alkanes) is 3. The molecule has 0 saturated carbocycles. The van der Waals surface area contributed by atoms with Gasteiger partial charge in [0.15, 0.2) is 6.10 Å². The first-order valence-corrected chi connectivity index (χ1v) is 4.94. The molecule has 0 bridgehead atoms. The number of hydrogen-bond acceptors (Lipinski definition) is 4. The van der Waals surface area contributed by atoms with E-state index in [1.165, 1.54) is 0 Å². The molecule has 0 amide bonds. The highest BCUT2D eigenvalue weighted by molar-refractivity contribution is 4.73. The lowest BCUT2D eigenvalue weighted by molar-refractivity contribution is -0.363. The van der Waals surface area contributed by atoms with Gasteiger partial charge in [-0.15, -0.1) is 0 Å². The molecule has 2 unspecified atom stereocenters. The van der Waals surface area contributed by atoms with Crippen molar-refractivity contribution in [2.45, 2.75) is 50.4 Å². The van der Waals surface area contributed by atoms with E-state index >= 15 is 0 Å². The van der Waals surface area contributed by atoms with Gasteiger partial charge in [-0.2, -0.15) is 0 Å². The standard InChI is InChI=1S/C9H18F2O4/c10-6-4-2-1-3-5-7(11)8(12)9(13,14)15/h7-8,12-15H,1-6H2. The Bertz CT molecular complexity index is 161. The molecule has 15 heavy (non-hydrogen) atoms. The molecule has 0 rings (SSSR count). The van der Waals surface area contributed by atoms with Crippen molar-refractivity contribution >= 4 is 0 Å². The highest BCUT2D eigenvalue weighted by Crippen LogP contribution is 2.16. The van der Waals surface area contributed by atoms with Crippen molar-refractivity contribution in [3.8, 4) is 0 Å². The van der Waals surface area contributed by atoms with Crippen LogP contribution in [0.3, 0.4) is 0 Å². The SMILES string of the molecule is OC(C(F)CCCCCCF)C(O)(O)O. The summed E-state index contributed by atoms with van der Waals surface area (Å²) in [5, 5.41) is 34.3. The Kier molecular flexibility index (Phi) is 6.91. The summed E-state index contributed by atoms with van der Waals surface area (Å²) >= 11 is 0. The predicted molar refractivity (Wildman–Crippen MR) is 49.4 cm³/mol. The molecular weight excluding hydrogens is 210 g/mol. The van der Waals surface area contributed by atoms with E-state index in [1.807, 2.05) is 0 Å². The van der Waals surface area contributed by atoms with Crippen LogP contribution in [0.15, 0.2) is 0 Å². The average Bonchev–Trinajstić information content (AvgIpc) is 2.14. The van der Waals surface area contributed by atoms with E-state index in [1.54, 1.807) is 0 Å². The van der Waals surface area contributed by atoms with Crippen LogP contribution in [-0.4, -0.2) is 45.3 Å². The van der Waals surface area contributed by atoms with Crippen LogP contribution in [0.2, 0.25) is 0 Å². The van der Waals surface area contributed by atoms with E-state index in [0.29, 0.717) is 25.7 Å². The van der Waals surface area contributed by atoms with Crippen molar-refractivity contribution < 1.29 is 29.2 Å². The van der Waals surface area contributed by atoms with Crippen LogP contribution in [0.5, 0.6) is 0 Å². The van der Waals surface area contributed by atoms with Gasteiger partial charge in [-0.3, -0.25) is 4.39 Å². The van der Waals surface area contributed by atoms with Crippen molar-refractivity contribution in [1.29, 1.82) is 0 Å². The van der Waals surface area contributed by atoms with Crippen LogP contribution >= 0.6 is 0 Å². The van der Waals surface area contributed by atoms with E-state index < -0.39 is 24.9 Å². The molecule has 0 aliphatic carbocycles. The summed E-state index contributed by atoms with van der Waals surface area (Å²) in [5.74, 6) is -3.40. The first-order valence-electron chi connectivity index (χ1n) is 4.94. The maximum absolute atomic E-state index is 13.0. The zero-order valence-electron chi connectivity index (χ0n) is 8.44. The fourth-order valence-electron chi connectivity index (χ4n) is 1.19. The van der Waals surface area contributed by atoms with Gasteiger partial charge in [-0.1, -0.05) is 19.3 Å². The maximum atomic E-state index is 13.0. The van der Waals surface area contributed by atoms with E-state index in [2.05, 4.69) is 0 Å². The van der Waals surface area contributed by atoms with E-state index in [0.717, 1.165) is 0 Å². The van der Waals surface area contributed by atoms with Gasteiger partial charge in [0.25, 0.3) is 0 Å². The van der Waals surface area contributed by atoms with Gasteiger partial charge in [0.1, 0.15) is 6.17 Å². The minimum absolute atomic E-state index is 0.100. The van der Waals surface area contributed by atoms with Crippen molar-refractivity contribution in [2.75, 3.05) is 6.67 Å². The number of hydrogen-bond donors (Lipinski definition) is 4. The van der Waals surface area contributed by atoms with Gasteiger partial charge in [0.2, 0.25) is 0 Å². The number of aliphatic hydroxyl groups excluding tert-OH is 1. The van der Waals surface area contributed by atoms with Crippen molar-refractivity contribution in [1.82, 2.24) is 0 Å². The van der Waals surface area contributed by atoms with Crippen LogP contribution in [0.4, 0.5) is 8.78 Å². The van der Waals surface area contributed by atoms with Crippen molar-refractivity contribution in [2.24, 2.45) is 0 Å². The average molecular weight is 228 g/mol. The van der Waals surface area contributed by atoms with Gasteiger partial charge >= 0.3 is 5.97 Å². The summed E-state index contributed by atoms with van der Waals surface area (Å²) in [4.78, 5) is 0. The van der Waals surface area contributed by atoms with E-state index in [9.17, 15) is 8.78 Å². The van der Waals surface area contributed by atoms with Crippen molar-refractivity contribution in [3.05, 3.63) is 0 Å². The Morgan fingerprint density at radius 3 is 2.00 bits per heavy atom.